The van der Waals surface area contributed by atoms with E-state index in [2.05, 4.69) is 20.6 Å². The number of nitrogens with one attached hydrogen (secondary N) is 1. The highest BCUT2D eigenvalue weighted by Gasteiger charge is 2.16. The predicted molar refractivity (Wildman–Crippen MR) is 104 cm³/mol. The highest BCUT2D eigenvalue weighted by atomic mass is 32.2. The number of benzene rings is 1. The number of carbonyl (C=O) groups is 2. The molecular weight excluding hydrogens is 386 g/mol. The molecule has 0 radical (unpaired) electrons. The molecule has 0 saturated carbocycles. The van der Waals surface area contributed by atoms with E-state index < -0.39 is 0 Å². The standard InChI is InChI=1S/C17H17N5O3S2/c1-3-25-14(23)10-26-17-20-19-16(27-17)18-15(24)13-9-11(2)22(21-13)12-7-5-4-6-8-12/h4-9H,3,10H2,1-2H3,(H,18,19,24). The quantitative estimate of drug-likeness (QED) is 0.368. The Balaban J connectivity index is 1.64. The van der Waals surface area contributed by atoms with Gasteiger partial charge in [0.1, 0.15) is 0 Å². The summed E-state index contributed by atoms with van der Waals surface area (Å²) in [5.74, 6) is -0.534. The number of nitrogens with zero attached hydrogens (tertiary/aromatic N) is 4. The number of ether oxygens (including phenoxy) is 1. The Morgan fingerprint density at radius 1 is 1.26 bits per heavy atom. The molecule has 140 valence electrons. The van der Waals surface area contributed by atoms with Crippen LogP contribution in [-0.4, -0.2) is 44.2 Å². The van der Waals surface area contributed by atoms with Gasteiger partial charge in [0.05, 0.1) is 18.0 Å². The number of aryl methyl sites for hydroxylation is 1. The SMILES string of the molecule is CCOC(=O)CSc1nnc(NC(=O)c2cc(C)n(-c3ccccc3)n2)s1. The van der Waals surface area contributed by atoms with Crippen LogP contribution in [0.25, 0.3) is 5.69 Å². The highest BCUT2D eigenvalue weighted by Crippen LogP contribution is 2.26. The van der Waals surface area contributed by atoms with Crippen LogP contribution in [0.4, 0.5) is 5.13 Å². The number of aromatic nitrogens is 4. The molecular formula is C17H17N5O3S2. The first-order chi connectivity index (χ1) is 13.1. The molecule has 0 saturated heterocycles. The molecule has 0 spiro atoms. The Morgan fingerprint density at radius 3 is 2.78 bits per heavy atom. The number of esters is 1. The van der Waals surface area contributed by atoms with Crippen molar-refractivity contribution in [2.45, 2.75) is 18.2 Å². The van der Waals surface area contributed by atoms with E-state index in [0.717, 1.165) is 11.4 Å². The van der Waals surface area contributed by atoms with Gasteiger partial charge in [-0.05, 0) is 32.0 Å². The molecule has 10 heteroatoms. The Morgan fingerprint density at radius 2 is 2.04 bits per heavy atom. The van der Waals surface area contributed by atoms with Crippen LogP contribution < -0.4 is 5.32 Å². The van der Waals surface area contributed by atoms with Gasteiger partial charge in [-0.25, -0.2) is 4.68 Å². The third kappa shape index (κ3) is 4.92. The number of amides is 1. The number of carbonyl (C=O) groups excluding carboxylic acids is 2. The van der Waals surface area contributed by atoms with Crippen molar-refractivity contribution < 1.29 is 14.3 Å². The van der Waals surface area contributed by atoms with E-state index >= 15 is 0 Å². The molecule has 1 N–H and O–H groups in total. The normalized spacial score (nSPS) is 10.6. The average Bonchev–Trinajstić information content (AvgIpc) is 3.27. The van der Waals surface area contributed by atoms with Gasteiger partial charge < -0.3 is 4.74 Å². The lowest BCUT2D eigenvalue weighted by Crippen LogP contribution is -2.13. The van der Waals surface area contributed by atoms with Crippen molar-refractivity contribution in [2.75, 3.05) is 17.7 Å². The van der Waals surface area contributed by atoms with E-state index in [0.29, 0.717) is 16.1 Å². The van der Waals surface area contributed by atoms with Crippen molar-refractivity contribution in [1.29, 1.82) is 0 Å². The Hall–Kier alpha value is -2.72. The zero-order chi connectivity index (χ0) is 19.2. The predicted octanol–water partition coefficient (Wildman–Crippen LogP) is 2.94. The second-order valence-electron chi connectivity index (χ2n) is 5.34. The molecule has 0 unspecified atom stereocenters. The van der Waals surface area contributed by atoms with Crippen LogP contribution in [0.2, 0.25) is 0 Å². The van der Waals surface area contributed by atoms with Gasteiger partial charge in [0.25, 0.3) is 5.91 Å². The monoisotopic (exact) mass is 403 g/mol. The zero-order valence-electron chi connectivity index (χ0n) is 14.7. The van der Waals surface area contributed by atoms with Crippen molar-refractivity contribution in [3.8, 4) is 5.69 Å². The van der Waals surface area contributed by atoms with E-state index in [1.807, 2.05) is 37.3 Å². The molecule has 0 fully saturated rings. The van der Waals surface area contributed by atoms with Crippen LogP contribution in [0.1, 0.15) is 23.1 Å². The van der Waals surface area contributed by atoms with E-state index in [1.165, 1.54) is 23.1 Å². The van der Waals surface area contributed by atoms with Crippen LogP contribution in [-0.2, 0) is 9.53 Å². The number of thioether (sulfide) groups is 1. The molecule has 8 nitrogen and oxygen atoms in total. The summed E-state index contributed by atoms with van der Waals surface area (Å²) in [6, 6.07) is 11.3. The number of hydrogen-bond donors (Lipinski definition) is 1. The summed E-state index contributed by atoms with van der Waals surface area (Å²) in [4.78, 5) is 23.8. The van der Waals surface area contributed by atoms with E-state index in [9.17, 15) is 9.59 Å². The summed E-state index contributed by atoms with van der Waals surface area (Å²) in [6.07, 6.45) is 0. The minimum absolute atomic E-state index is 0.150. The lowest BCUT2D eigenvalue weighted by atomic mass is 10.3. The van der Waals surface area contributed by atoms with Crippen molar-refractivity contribution in [1.82, 2.24) is 20.0 Å². The maximum atomic E-state index is 12.4. The zero-order valence-corrected chi connectivity index (χ0v) is 16.3. The van der Waals surface area contributed by atoms with Gasteiger partial charge in [-0.3, -0.25) is 14.9 Å². The summed E-state index contributed by atoms with van der Waals surface area (Å²) >= 11 is 2.41. The van der Waals surface area contributed by atoms with Gasteiger partial charge in [0.15, 0.2) is 10.0 Å². The van der Waals surface area contributed by atoms with Crippen molar-refractivity contribution >= 4 is 40.1 Å². The lowest BCUT2D eigenvalue weighted by molar-refractivity contribution is -0.139. The summed E-state index contributed by atoms with van der Waals surface area (Å²) in [6.45, 7) is 3.97. The Kier molecular flexibility index (Phi) is 6.20. The molecule has 2 aromatic heterocycles. The first-order valence-corrected chi connectivity index (χ1v) is 9.92. The first kappa shape index (κ1) is 19.1. The van der Waals surface area contributed by atoms with Crippen molar-refractivity contribution in [3.05, 3.63) is 47.8 Å². The summed E-state index contributed by atoms with van der Waals surface area (Å²) in [7, 11) is 0. The summed E-state index contributed by atoms with van der Waals surface area (Å²) in [5.41, 5.74) is 2.00. The second-order valence-corrected chi connectivity index (χ2v) is 7.54. The topological polar surface area (TPSA) is 99.0 Å². The van der Waals surface area contributed by atoms with Gasteiger partial charge in [0, 0.05) is 5.69 Å². The highest BCUT2D eigenvalue weighted by molar-refractivity contribution is 8.01. The molecule has 0 aliphatic heterocycles. The lowest BCUT2D eigenvalue weighted by Gasteiger charge is -2.02. The number of para-hydroxylation sites is 1. The summed E-state index contributed by atoms with van der Waals surface area (Å²) in [5, 5.41) is 15.3. The van der Waals surface area contributed by atoms with Gasteiger partial charge >= 0.3 is 5.97 Å². The second kappa shape index (κ2) is 8.78. The van der Waals surface area contributed by atoms with E-state index in [1.54, 1.807) is 17.7 Å². The Bertz CT molecular complexity index is 939. The minimum atomic E-state index is -0.370. The largest absolute Gasteiger partial charge is 0.465 e. The third-order valence-electron chi connectivity index (χ3n) is 3.37. The van der Waals surface area contributed by atoms with E-state index in [-0.39, 0.29) is 23.3 Å². The third-order valence-corrected chi connectivity index (χ3v) is 5.31. The van der Waals surface area contributed by atoms with E-state index in [4.69, 9.17) is 4.74 Å². The van der Waals surface area contributed by atoms with Gasteiger partial charge in [-0.15, -0.1) is 10.2 Å². The molecule has 0 atom stereocenters. The Labute approximate surface area is 164 Å². The van der Waals surface area contributed by atoms with Crippen molar-refractivity contribution in [2.24, 2.45) is 0 Å². The molecule has 3 rings (SSSR count). The smallest absolute Gasteiger partial charge is 0.316 e. The fraction of sp³-hybridized carbons (Fsp3) is 0.235. The average molecular weight is 403 g/mol. The maximum absolute atomic E-state index is 12.4. The first-order valence-electron chi connectivity index (χ1n) is 8.12. The molecule has 0 aliphatic rings. The maximum Gasteiger partial charge on any atom is 0.316 e. The molecule has 0 aliphatic carbocycles. The van der Waals surface area contributed by atoms with Crippen LogP contribution >= 0.6 is 23.1 Å². The molecule has 2 heterocycles. The number of hydrogen-bond acceptors (Lipinski definition) is 8. The van der Waals surface area contributed by atoms with Gasteiger partial charge in [0.2, 0.25) is 5.13 Å². The molecule has 3 aromatic rings. The van der Waals surface area contributed by atoms with Crippen LogP contribution in [0.15, 0.2) is 40.7 Å². The van der Waals surface area contributed by atoms with Crippen LogP contribution in [0, 0.1) is 6.92 Å². The fourth-order valence-corrected chi connectivity index (χ4v) is 3.76. The molecule has 27 heavy (non-hydrogen) atoms. The molecule has 1 amide bonds. The molecule has 1 aromatic carbocycles. The molecule has 0 bridgehead atoms. The fourth-order valence-electron chi connectivity index (χ4n) is 2.22. The van der Waals surface area contributed by atoms with Gasteiger partial charge in [-0.1, -0.05) is 41.3 Å². The minimum Gasteiger partial charge on any atom is -0.465 e. The van der Waals surface area contributed by atoms with Gasteiger partial charge in [-0.2, -0.15) is 5.10 Å². The summed E-state index contributed by atoms with van der Waals surface area (Å²) < 4.78 is 7.14. The number of anilines is 1. The van der Waals surface area contributed by atoms with Crippen LogP contribution in [0.3, 0.4) is 0 Å². The number of rotatable bonds is 7. The van der Waals surface area contributed by atoms with Crippen LogP contribution in [0.5, 0.6) is 0 Å². The van der Waals surface area contributed by atoms with Crippen molar-refractivity contribution in [3.63, 3.8) is 0 Å².